The number of imidazole rings is 1. The SMILES string of the molecule is Cc1cccc2c1nc(CCO)n2-c1cccc(CN2CCCC2)c1. The Morgan fingerprint density at radius 2 is 1.88 bits per heavy atom. The summed E-state index contributed by atoms with van der Waals surface area (Å²) in [4.78, 5) is 7.32. The lowest BCUT2D eigenvalue weighted by molar-refractivity contribution is 0.296. The highest BCUT2D eigenvalue weighted by Crippen LogP contribution is 2.25. The largest absolute Gasteiger partial charge is 0.396 e. The molecule has 0 atom stereocenters. The zero-order valence-electron chi connectivity index (χ0n) is 14.8. The van der Waals surface area contributed by atoms with Crippen molar-refractivity contribution < 1.29 is 5.11 Å². The van der Waals surface area contributed by atoms with E-state index in [1.165, 1.54) is 37.1 Å². The smallest absolute Gasteiger partial charge is 0.116 e. The number of rotatable bonds is 5. The predicted molar refractivity (Wildman–Crippen MR) is 101 cm³/mol. The minimum Gasteiger partial charge on any atom is -0.396 e. The van der Waals surface area contributed by atoms with Gasteiger partial charge in [0.05, 0.1) is 17.6 Å². The number of nitrogens with zero attached hydrogens (tertiary/aromatic N) is 3. The highest BCUT2D eigenvalue weighted by atomic mass is 16.3. The molecular formula is C21H25N3O. The van der Waals surface area contributed by atoms with Gasteiger partial charge in [0, 0.05) is 18.7 Å². The topological polar surface area (TPSA) is 41.3 Å². The molecule has 4 rings (SSSR count). The molecular weight excluding hydrogens is 310 g/mol. The molecule has 3 aromatic rings. The molecule has 2 aromatic carbocycles. The quantitative estimate of drug-likeness (QED) is 0.776. The van der Waals surface area contributed by atoms with Crippen molar-refractivity contribution in [2.75, 3.05) is 19.7 Å². The highest BCUT2D eigenvalue weighted by molar-refractivity contribution is 5.81. The van der Waals surface area contributed by atoms with Crippen LogP contribution in [0.3, 0.4) is 0 Å². The van der Waals surface area contributed by atoms with Crippen molar-refractivity contribution in [1.82, 2.24) is 14.5 Å². The van der Waals surface area contributed by atoms with Gasteiger partial charge in [-0.05, 0) is 62.2 Å². The maximum atomic E-state index is 9.47. The first kappa shape index (κ1) is 16.3. The molecule has 0 aliphatic carbocycles. The van der Waals surface area contributed by atoms with Crippen molar-refractivity contribution in [2.24, 2.45) is 0 Å². The molecule has 0 saturated carbocycles. The third-order valence-electron chi connectivity index (χ3n) is 5.07. The van der Waals surface area contributed by atoms with Crippen LogP contribution in [0.25, 0.3) is 16.7 Å². The van der Waals surface area contributed by atoms with Crippen molar-refractivity contribution in [1.29, 1.82) is 0 Å². The van der Waals surface area contributed by atoms with Gasteiger partial charge in [-0.1, -0.05) is 24.3 Å². The molecule has 0 amide bonds. The minimum absolute atomic E-state index is 0.107. The Kier molecular flexibility index (Phi) is 4.55. The van der Waals surface area contributed by atoms with E-state index in [1.807, 2.05) is 0 Å². The number of fused-ring (bicyclic) bond motifs is 1. The Bertz CT molecular complexity index is 878. The van der Waals surface area contributed by atoms with Crippen molar-refractivity contribution in [3.8, 4) is 5.69 Å². The van der Waals surface area contributed by atoms with Crippen molar-refractivity contribution >= 4 is 11.0 Å². The van der Waals surface area contributed by atoms with Crippen LogP contribution in [0, 0.1) is 6.92 Å². The van der Waals surface area contributed by atoms with Gasteiger partial charge in [0.25, 0.3) is 0 Å². The molecule has 2 heterocycles. The van der Waals surface area contributed by atoms with E-state index in [9.17, 15) is 5.11 Å². The molecule has 0 unspecified atom stereocenters. The molecule has 4 nitrogen and oxygen atoms in total. The first-order valence-electron chi connectivity index (χ1n) is 9.16. The maximum Gasteiger partial charge on any atom is 0.116 e. The second-order valence-corrected chi connectivity index (χ2v) is 6.93. The number of aliphatic hydroxyl groups is 1. The van der Waals surface area contributed by atoms with E-state index in [4.69, 9.17) is 4.98 Å². The lowest BCUT2D eigenvalue weighted by Gasteiger charge is -2.16. The lowest BCUT2D eigenvalue weighted by Crippen LogP contribution is -2.18. The van der Waals surface area contributed by atoms with Crippen molar-refractivity contribution in [3.05, 3.63) is 59.4 Å². The van der Waals surface area contributed by atoms with Crippen LogP contribution in [0.4, 0.5) is 0 Å². The van der Waals surface area contributed by atoms with Crippen LogP contribution in [0.5, 0.6) is 0 Å². The summed E-state index contributed by atoms with van der Waals surface area (Å²) in [6.07, 6.45) is 3.18. The molecule has 1 saturated heterocycles. The summed E-state index contributed by atoms with van der Waals surface area (Å²) in [5.74, 6) is 0.921. The van der Waals surface area contributed by atoms with E-state index in [0.29, 0.717) is 6.42 Å². The second kappa shape index (κ2) is 6.98. The Labute approximate surface area is 148 Å². The Morgan fingerprint density at radius 1 is 1.08 bits per heavy atom. The molecule has 1 aliphatic heterocycles. The molecule has 130 valence electrons. The molecule has 25 heavy (non-hydrogen) atoms. The maximum absolute atomic E-state index is 9.47. The average molecular weight is 335 g/mol. The zero-order chi connectivity index (χ0) is 17.2. The number of hydrogen-bond acceptors (Lipinski definition) is 3. The van der Waals surface area contributed by atoms with Gasteiger partial charge in [0.2, 0.25) is 0 Å². The van der Waals surface area contributed by atoms with Gasteiger partial charge in [0.1, 0.15) is 5.82 Å². The van der Waals surface area contributed by atoms with Crippen molar-refractivity contribution in [2.45, 2.75) is 32.7 Å². The number of benzene rings is 2. The molecule has 4 heteroatoms. The summed E-state index contributed by atoms with van der Waals surface area (Å²) in [5.41, 5.74) is 5.78. The standard InChI is InChI=1S/C21H25N3O/c1-16-6-4-9-19-21(16)22-20(10-13-25)24(19)18-8-5-7-17(14-18)15-23-11-2-3-12-23/h4-9,14,25H,2-3,10-13,15H2,1H3. The normalized spacial score (nSPS) is 15.3. The number of aliphatic hydroxyl groups excluding tert-OH is 1. The van der Waals surface area contributed by atoms with Crippen LogP contribution in [0.15, 0.2) is 42.5 Å². The van der Waals surface area contributed by atoms with Gasteiger partial charge in [-0.3, -0.25) is 9.47 Å². The Morgan fingerprint density at radius 3 is 2.68 bits per heavy atom. The summed E-state index contributed by atoms with van der Waals surface area (Å²) in [5, 5.41) is 9.47. The van der Waals surface area contributed by atoms with E-state index in [2.05, 4.69) is 58.9 Å². The average Bonchev–Trinajstić information content (AvgIpc) is 3.24. The zero-order valence-corrected chi connectivity index (χ0v) is 14.8. The van der Waals surface area contributed by atoms with Crippen LogP contribution >= 0.6 is 0 Å². The molecule has 0 spiro atoms. The summed E-state index contributed by atoms with van der Waals surface area (Å²) in [6.45, 7) is 5.61. The van der Waals surface area contributed by atoms with Gasteiger partial charge in [-0.15, -0.1) is 0 Å². The van der Waals surface area contributed by atoms with E-state index in [0.717, 1.165) is 29.1 Å². The van der Waals surface area contributed by atoms with Crippen LogP contribution in [-0.2, 0) is 13.0 Å². The van der Waals surface area contributed by atoms with Gasteiger partial charge in [-0.2, -0.15) is 0 Å². The summed E-state index contributed by atoms with van der Waals surface area (Å²) >= 11 is 0. The molecule has 1 N–H and O–H groups in total. The first-order valence-corrected chi connectivity index (χ1v) is 9.16. The predicted octanol–water partition coefficient (Wildman–Crippen LogP) is 3.46. The first-order chi connectivity index (χ1) is 12.3. The van der Waals surface area contributed by atoms with Crippen LogP contribution < -0.4 is 0 Å². The fraction of sp³-hybridized carbons (Fsp3) is 0.381. The number of hydrogen-bond donors (Lipinski definition) is 1. The molecule has 1 aliphatic rings. The third-order valence-corrected chi connectivity index (χ3v) is 5.07. The molecule has 0 radical (unpaired) electrons. The molecule has 1 fully saturated rings. The fourth-order valence-electron chi connectivity index (χ4n) is 3.84. The highest BCUT2D eigenvalue weighted by Gasteiger charge is 2.15. The Hall–Kier alpha value is -2.17. The van der Waals surface area contributed by atoms with Crippen molar-refractivity contribution in [3.63, 3.8) is 0 Å². The molecule has 0 bridgehead atoms. The molecule has 1 aromatic heterocycles. The fourth-order valence-corrected chi connectivity index (χ4v) is 3.84. The Balaban J connectivity index is 1.78. The number of aromatic nitrogens is 2. The number of aryl methyl sites for hydroxylation is 1. The van der Waals surface area contributed by atoms with Crippen LogP contribution in [0.1, 0.15) is 29.8 Å². The van der Waals surface area contributed by atoms with Gasteiger partial charge in [0.15, 0.2) is 0 Å². The van der Waals surface area contributed by atoms with Gasteiger partial charge < -0.3 is 5.11 Å². The van der Waals surface area contributed by atoms with Crippen LogP contribution in [0.2, 0.25) is 0 Å². The number of para-hydroxylation sites is 1. The summed E-state index contributed by atoms with van der Waals surface area (Å²) in [7, 11) is 0. The van der Waals surface area contributed by atoms with Gasteiger partial charge in [-0.25, -0.2) is 4.98 Å². The van der Waals surface area contributed by atoms with E-state index >= 15 is 0 Å². The summed E-state index contributed by atoms with van der Waals surface area (Å²) < 4.78 is 2.20. The number of likely N-dealkylation sites (tertiary alicyclic amines) is 1. The van der Waals surface area contributed by atoms with Gasteiger partial charge >= 0.3 is 0 Å². The van der Waals surface area contributed by atoms with E-state index in [-0.39, 0.29) is 6.61 Å². The lowest BCUT2D eigenvalue weighted by atomic mass is 10.1. The van der Waals surface area contributed by atoms with Crippen LogP contribution in [-0.4, -0.2) is 39.3 Å². The van der Waals surface area contributed by atoms with E-state index < -0.39 is 0 Å². The second-order valence-electron chi connectivity index (χ2n) is 6.93. The minimum atomic E-state index is 0.107. The third kappa shape index (κ3) is 3.20. The monoisotopic (exact) mass is 335 g/mol. The summed E-state index contributed by atoms with van der Waals surface area (Å²) in [6, 6.07) is 15.0. The van der Waals surface area contributed by atoms with E-state index in [1.54, 1.807) is 0 Å².